The molecule has 2 atom stereocenters. The van der Waals surface area contributed by atoms with Gasteiger partial charge in [0, 0.05) is 41.3 Å². The van der Waals surface area contributed by atoms with Crippen molar-refractivity contribution in [1.82, 2.24) is 19.9 Å². The third-order valence-corrected chi connectivity index (χ3v) is 8.14. The molecule has 0 unspecified atom stereocenters. The molecule has 4 heterocycles. The molecule has 2 aromatic heterocycles. The summed E-state index contributed by atoms with van der Waals surface area (Å²) in [4.78, 5) is 4.70. The van der Waals surface area contributed by atoms with E-state index in [2.05, 4.69) is 28.2 Å². The normalized spacial score (nSPS) is 25.4. The van der Waals surface area contributed by atoms with Crippen molar-refractivity contribution in [2.75, 3.05) is 25.2 Å². The molecule has 0 saturated carbocycles. The second-order valence-corrected chi connectivity index (χ2v) is 11.6. The van der Waals surface area contributed by atoms with E-state index in [1.165, 1.54) is 16.7 Å². The van der Waals surface area contributed by atoms with Crippen LogP contribution in [-0.4, -0.2) is 64.6 Å². The number of nitrogens with zero attached hydrogens (tertiary/aromatic N) is 4. The van der Waals surface area contributed by atoms with E-state index in [1.807, 2.05) is 6.20 Å². The molecule has 2 aliphatic heterocycles. The van der Waals surface area contributed by atoms with Gasteiger partial charge in [0.25, 0.3) is 0 Å². The first-order valence-electron chi connectivity index (χ1n) is 9.96. The molecule has 0 radical (unpaired) electrons. The van der Waals surface area contributed by atoms with Crippen LogP contribution in [0.3, 0.4) is 0 Å². The summed E-state index contributed by atoms with van der Waals surface area (Å²) in [6.07, 6.45) is 5.81. The number of hydrogen-bond donors (Lipinski definition) is 1. The van der Waals surface area contributed by atoms with Gasteiger partial charge in [-0.15, -0.1) is 16.4 Å². The van der Waals surface area contributed by atoms with Gasteiger partial charge in [-0.05, 0) is 37.8 Å². The summed E-state index contributed by atoms with van der Waals surface area (Å²) in [5.41, 5.74) is 1.94. The highest BCUT2D eigenvalue weighted by Gasteiger charge is 2.44. The van der Waals surface area contributed by atoms with Crippen LogP contribution in [0.15, 0.2) is 12.3 Å². The van der Waals surface area contributed by atoms with Crippen LogP contribution in [0.1, 0.15) is 40.8 Å². The van der Waals surface area contributed by atoms with E-state index in [1.54, 1.807) is 16.0 Å². The molecule has 1 saturated heterocycles. The average molecular weight is 441 g/mol. The van der Waals surface area contributed by atoms with Gasteiger partial charge in [-0.3, -0.25) is 9.58 Å². The van der Waals surface area contributed by atoms with E-state index in [0.717, 1.165) is 43.0 Å². The molecule has 0 aliphatic carbocycles. The molecule has 1 fully saturated rings. The van der Waals surface area contributed by atoms with Crippen molar-refractivity contribution in [3.8, 4) is 0 Å². The van der Waals surface area contributed by atoms with Crippen LogP contribution in [0.25, 0.3) is 0 Å². The Labute approximate surface area is 175 Å². The number of rotatable bonds is 6. The fourth-order valence-electron chi connectivity index (χ4n) is 4.37. The predicted molar refractivity (Wildman–Crippen MR) is 110 cm³/mol. The number of piperidine rings is 1. The molecule has 1 spiro atoms. The lowest BCUT2D eigenvalue weighted by atomic mass is 9.82. The van der Waals surface area contributed by atoms with Crippen molar-refractivity contribution in [2.24, 2.45) is 0 Å². The molecular weight excluding hydrogens is 412 g/mol. The summed E-state index contributed by atoms with van der Waals surface area (Å²) in [5, 5.41) is 17.8. The lowest BCUT2D eigenvalue weighted by Crippen LogP contribution is -2.50. The molecule has 8 nitrogen and oxygen atoms in total. The minimum absolute atomic E-state index is 0.0642. The predicted octanol–water partition coefficient (Wildman–Crippen LogP) is 1.33. The Morgan fingerprint density at radius 3 is 3.00 bits per heavy atom. The second kappa shape index (κ2) is 8.07. The fourth-order valence-corrected chi connectivity index (χ4v) is 6.14. The van der Waals surface area contributed by atoms with Crippen molar-refractivity contribution in [3.63, 3.8) is 0 Å². The maximum absolute atomic E-state index is 11.3. The van der Waals surface area contributed by atoms with Gasteiger partial charge in [-0.25, -0.2) is 8.42 Å². The first-order chi connectivity index (χ1) is 13.8. The molecule has 0 aromatic carbocycles. The Hall–Kier alpha value is -1.33. The first kappa shape index (κ1) is 20.9. The van der Waals surface area contributed by atoms with Gasteiger partial charge in [0.15, 0.2) is 0 Å². The van der Waals surface area contributed by atoms with Gasteiger partial charge in [0.1, 0.15) is 15.4 Å². The van der Waals surface area contributed by atoms with Crippen LogP contribution in [0, 0.1) is 0 Å². The van der Waals surface area contributed by atoms with E-state index >= 15 is 0 Å². The van der Waals surface area contributed by atoms with Crippen molar-refractivity contribution in [1.29, 1.82) is 0 Å². The van der Waals surface area contributed by atoms with Crippen LogP contribution in [0.5, 0.6) is 0 Å². The van der Waals surface area contributed by atoms with Crippen molar-refractivity contribution < 1.29 is 18.3 Å². The molecule has 2 aliphatic rings. The Morgan fingerprint density at radius 1 is 1.45 bits per heavy atom. The Balaban J connectivity index is 1.42. The van der Waals surface area contributed by atoms with Crippen LogP contribution in [0.2, 0.25) is 0 Å². The zero-order chi connectivity index (χ0) is 20.6. The molecule has 1 N–H and O–H groups in total. The SMILES string of the molecule is C[C@H]1C[C@@]2(CCN1Cc1cn(CCS(C)(=O)=O)nn1)OCCc1cc(CO)sc12. The lowest BCUT2D eigenvalue weighted by molar-refractivity contribution is -0.110. The smallest absolute Gasteiger partial charge is 0.149 e. The zero-order valence-electron chi connectivity index (χ0n) is 16.9. The molecule has 4 rings (SSSR count). The Bertz CT molecular complexity index is 971. The number of likely N-dealkylation sites (tertiary alicyclic amines) is 1. The molecule has 0 bridgehead atoms. The van der Waals surface area contributed by atoms with E-state index in [0.29, 0.717) is 19.1 Å². The minimum Gasteiger partial charge on any atom is -0.391 e. The van der Waals surface area contributed by atoms with E-state index in [-0.39, 0.29) is 18.0 Å². The van der Waals surface area contributed by atoms with Crippen LogP contribution < -0.4 is 0 Å². The third-order valence-electron chi connectivity index (χ3n) is 5.87. The number of thiophene rings is 1. The summed E-state index contributed by atoms with van der Waals surface area (Å²) in [6.45, 7) is 4.94. The number of aliphatic hydroxyl groups is 1. The second-order valence-electron chi connectivity index (χ2n) is 8.19. The standard InChI is InChI=1S/C19H28N4O4S2/c1-14-10-19(18-15(3-7-27-19)9-17(13-24)28-18)4-5-22(14)11-16-12-23(21-20-16)6-8-29(2,25)26/h9,12,14,24H,3-8,10-11,13H2,1-2H3/t14-,19+/m0/s1. The number of fused-ring (bicyclic) bond motifs is 2. The first-order valence-corrected chi connectivity index (χ1v) is 12.8. The molecule has 0 amide bonds. The highest BCUT2D eigenvalue weighted by atomic mass is 32.2. The van der Waals surface area contributed by atoms with Gasteiger partial charge in [0.2, 0.25) is 0 Å². The molecule has 160 valence electrons. The molecule has 2 aromatic rings. The summed E-state index contributed by atoms with van der Waals surface area (Å²) in [7, 11) is -3.02. The van der Waals surface area contributed by atoms with Crippen molar-refractivity contribution in [3.05, 3.63) is 33.3 Å². The summed E-state index contributed by atoms with van der Waals surface area (Å²) in [5.74, 6) is 0.0642. The quantitative estimate of drug-likeness (QED) is 0.724. The minimum atomic E-state index is -3.02. The van der Waals surface area contributed by atoms with E-state index < -0.39 is 9.84 Å². The lowest BCUT2D eigenvalue weighted by Gasteiger charge is -2.46. The number of ether oxygens (including phenoxy) is 1. The van der Waals surface area contributed by atoms with E-state index in [9.17, 15) is 13.5 Å². The number of sulfone groups is 1. The number of aryl methyl sites for hydroxylation is 1. The zero-order valence-corrected chi connectivity index (χ0v) is 18.5. The highest BCUT2D eigenvalue weighted by Crippen LogP contribution is 2.47. The van der Waals surface area contributed by atoms with Crippen molar-refractivity contribution in [2.45, 2.75) is 57.5 Å². The molecule has 10 heteroatoms. The van der Waals surface area contributed by atoms with Gasteiger partial charge >= 0.3 is 0 Å². The maximum atomic E-state index is 11.3. The largest absolute Gasteiger partial charge is 0.391 e. The highest BCUT2D eigenvalue weighted by molar-refractivity contribution is 7.90. The summed E-state index contributed by atoms with van der Waals surface area (Å²) in [6, 6.07) is 2.45. The van der Waals surface area contributed by atoms with Gasteiger partial charge in [-0.2, -0.15) is 0 Å². The topological polar surface area (TPSA) is 97.6 Å². The molecular formula is C19H28N4O4S2. The maximum Gasteiger partial charge on any atom is 0.149 e. The van der Waals surface area contributed by atoms with Crippen LogP contribution in [0.4, 0.5) is 0 Å². The number of aliphatic hydroxyl groups excluding tert-OH is 1. The van der Waals surface area contributed by atoms with Crippen LogP contribution in [-0.2, 0) is 46.3 Å². The number of hydrogen-bond acceptors (Lipinski definition) is 8. The van der Waals surface area contributed by atoms with Gasteiger partial charge in [-0.1, -0.05) is 5.21 Å². The Morgan fingerprint density at radius 2 is 2.28 bits per heavy atom. The summed E-state index contributed by atoms with van der Waals surface area (Å²) >= 11 is 1.69. The van der Waals surface area contributed by atoms with Crippen molar-refractivity contribution >= 4 is 21.2 Å². The Kier molecular flexibility index (Phi) is 5.82. The average Bonchev–Trinajstić information content (AvgIpc) is 3.29. The van der Waals surface area contributed by atoms with Gasteiger partial charge in [0.05, 0.1) is 31.2 Å². The summed E-state index contributed by atoms with van der Waals surface area (Å²) < 4.78 is 30.6. The fraction of sp³-hybridized carbons (Fsp3) is 0.684. The third kappa shape index (κ3) is 4.56. The monoisotopic (exact) mass is 440 g/mol. The molecule has 29 heavy (non-hydrogen) atoms. The van der Waals surface area contributed by atoms with Gasteiger partial charge < -0.3 is 9.84 Å². The number of aromatic nitrogens is 3. The van der Waals surface area contributed by atoms with E-state index in [4.69, 9.17) is 4.74 Å². The van der Waals surface area contributed by atoms with Crippen LogP contribution >= 0.6 is 11.3 Å².